The minimum absolute atomic E-state index is 0.0933. The second-order valence-electron chi connectivity index (χ2n) is 9.27. The van der Waals surface area contributed by atoms with Crippen LogP contribution >= 0.6 is 0 Å². The topological polar surface area (TPSA) is 77.1 Å². The van der Waals surface area contributed by atoms with Gasteiger partial charge in [0.05, 0.1) is 7.11 Å². The molecule has 1 aliphatic heterocycles. The molecule has 0 fully saturated rings. The van der Waals surface area contributed by atoms with E-state index in [1.807, 2.05) is 63.2 Å². The van der Waals surface area contributed by atoms with Crippen LogP contribution in [0.2, 0.25) is 0 Å². The highest BCUT2D eigenvalue weighted by Gasteiger charge is 2.28. The zero-order valence-corrected chi connectivity index (χ0v) is 20.1. The maximum Gasteiger partial charge on any atom is 0.242 e. The van der Waals surface area contributed by atoms with Crippen LogP contribution in [-0.4, -0.2) is 48.6 Å². The van der Waals surface area contributed by atoms with E-state index in [0.29, 0.717) is 37.7 Å². The van der Waals surface area contributed by atoms with Crippen molar-refractivity contribution in [3.05, 3.63) is 53.6 Å². The van der Waals surface area contributed by atoms with Gasteiger partial charge in [-0.25, -0.2) is 0 Å². The lowest BCUT2D eigenvalue weighted by molar-refractivity contribution is -0.141. The SMILES string of the molecule is COc1cccc(CN(C(=O)CCc2ccc3c(c2)OCCO3)C(C)C(=O)NC(C)(C)C)c1. The summed E-state index contributed by atoms with van der Waals surface area (Å²) in [7, 11) is 1.61. The summed E-state index contributed by atoms with van der Waals surface area (Å²) in [6, 6.07) is 12.7. The van der Waals surface area contributed by atoms with Gasteiger partial charge in [0.25, 0.3) is 0 Å². The van der Waals surface area contributed by atoms with Crippen molar-refractivity contribution in [1.82, 2.24) is 10.2 Å². The molecule has 1 unspecified atom stereocenters. The molecular weight excluding hydrogens is 420 g/mol. The van der Waals surface area contributed by atoms with Gasteiger partial charge >= 0.3 is 0 Å². The molecule has 0 saturated carbocycles. The van der Waals surface area contributed by atoms with Gasteiger partial charge in [0.15, 0.2) is 11.5 Å². The van der Waals surface area contributed by atoms with Crippen LogP contribution in [0.3, 0.4) is 0 Å². The highest BCUT2D eigenvalue weighted by Crippen LogP contribution is 2.31. The van der Waals surface area contributed by atoms with Crippen LogP contribution in [0.4, 0.5) is 0 Å². The largest absolute Gasteiger partial charge is 0.497 e. The number of fused-ring (bicyclic) bond motifs is 1. The van der Waals surface area contributed by atoms with E-state index in [1.165, 1.54) is 0 Å². The van der Waals surface area contributed by atoms with Gasteiger partial charge in [-0.3, -0.25) is 9.59 Å². The number of nitrogens with one attached hydrogen (secondary N) is 1. The first-order chi connectivity index (χ1) is 15.7. The van der Waals surface area contributed by atoms with Crippen molar-refractivity contribution in [2.24, 2.45) is 0 Å². The quantitative estimate of drug-likeness (QED) is 0.658. The summed E-state index contributed by atoms with van der Waals surface area (Å²) in [6.07, 6.45) is 0.814. The third-order valence-electron chi connectivity index (χ3n) is 5.39. The zero-order chi connectivity index (χ0) is 24.0. The molecule has 0 radical (unpaired) electrons. The molecule has 0 aromatic heterocycles. The number of methoxy groups -OCH3 is 1. The number of amides is 2. The van der Waals surface area contributed by atoms with Gasteiger partial charge in [0.2, 0.25) is 11.8 Å². The Kier molecular flexibility index (Phi) is 7.84. The van der Waals surface area contributed by atoms with E-state index < -0.39 is 6.04 Å². The normalized spacial score (nSPS) is 13.7. The van der Waals surface area contributed by atoms with Crippen molar-refractivity contribution in [3.63, 3.8) is 0 Å². The van der Waals surface area contributed by atoms with Gasteiger partial charge in [0.1, 0.15) is 25.0 Å². The summed E-state index contributed by atoms with van der Waals surface area (Å²) in [6.45, 7) is 8.91. The first-order valence-corrected chi connectivity index (χ1v) is 11.3. The minimum Gasteiger partial charge on any atom is -0.497 e. The summed E-state index contributed by atoms with van der Waals surface area (Å²) in [5.74, 6) is 1.87. The third kappa shape index (κ3) is 6.88. The summed E-state index contributed by atoms with van der Waals surface area (Å²) in [5, 5.41) is 2.98. The number of nitrogens with zero attached hydrogens (tertiary/aromatic N) is 1. The molecular formula is C26H34N2O5. The summed E-state index contributed by atoms with van der Waals surface area (Å²) in [5.41, 5.74) is 1.50. The first-order valence-electron chi connectivity index (χ1n) is 11.3. The molecule has 2 aromatic rings. The van der Waals surface area contributed by atoms with Gasteiger partial charge < -0.3 is 24.4 Å². The first kappa shape index (κ1) is 24.4. The Morgan fingerprint density at radius 2 is 1.79 bits per heavy atom. The second kappa shape index (κ2) is 10.6. The fourth-order valence-corrected chi connectivity index (χ4v) is 3.66. The third-order valence-corrected chi connectivity index (χ3v) is 5.39. The monoisotopic (exact) mass is 454 g/mol. The van der Waals surface area contributed by atoms with Gasteiger partial charge in [-0.15, -0.1) is 0 Å². The van der Waals surface area contributed by atoms with Crippen LogP contribution in [0.15, 0.2) is 42.5 Å². The Bertz CT molecular complexity index is 983. The van der Waals surface area contributed by atoms with E-state index in [4.69, 9.17) is 14.2 Å². The van der Waals surface area contributed by atoms with Crippen LogP contribution in [0.25, 0.3) is 0 Å². The number of hydrogen-bond donors (Lipinski definition) is 1. The molecule has 2 amide bonds. The molecule has 7 nitrogen and oxygen atoms in total. The summed E-state index contributed by atoms with van der Waals surface area (Å²) in [4.78, 5) is 27.9. The number of ether oxygens (including phenoxy) is 3. The maximum absolute atomic E-state index is 13.3. The van der Waals surface area contributed by atoms with Crippen molar-refractivity contribution in [1.29, 1.82) is 0 Å². The maximum atomic E-state index is 13.3. The Morgan fingerprint density at radius 3 is 2.48 bits per heavy atom. The molecule has 2 aromatic carbocycles. The number of carbonyl (C=O) groups excluding carboxylic acids is 2. The molecule has 7 heteroatoms. The Labute approximate surface area is 196 Å². The highest BCUT2D eigenvalue weighted by molar-refractivity contribution is 5.87. The second-order valence-corrected chi connectivity index (χ2v) is 9.27. The average Bonchev–Trinajstić information content (AvgIpc) is 2.79. The van der Waals surface area contributed by atoms with E-state index >= 15 is 0 Å². The number of aryl methyl sites for hydroxylation is 1. The van der Waals surface area contributed by atoms with E-state index in [1.54, 1.807) is 18.9 Å². The van der Waals surface area contributed by atoms with E-state index in [9.17, 15) is 9.59 Å². The molecule has 1 heterocycles. The van der Waals surface area contributed by atoms with Crippen LogP contribution in [0, 0.1) is 0 Å². The highest BCUT2D eigenvalue weighted by atomic mass is 16.6. The zero-order valence-electron chi connectivity index (χ0n) is 20.1. The predicted octanol–water partition coefficient (Wildman–Crippen LogP) is 3.73. The minimum atomic E-state index is -0.622. The van der Waals surface area contributed by atoms with Gasteiger partial charge in [-0.1, -0.05) is 18.2 Å². The van der Waals surface area contributed by atoms with E-state index in [2.05, 4.69) is 5.32 Å². The number of benzene rings is 2. The average molecular weight is 455 g/mol. The van der Waals surface area contributed by atoms with E-state index in [-0.39, 0.29) is 23.8 Å². The van der Waals surface area contributed by atoms with Crippen LogP contribution < -0.4 is 19.5 Å². The molecule has 178 valence electrons. The lowest BCUT2D eigenvalue weighted by Crippen LogP contribution is -2.52. The molecule has 1 atom stereocenters. The Balaban J connectivity index is 1.75. The lowest BCUT2D eigenvalue weighted by atomic mass is 10.1. The molecule has 33 heavy (non-hydrogen) atoms. The summed E-state index contributed by atoms with van der Waals surface area (Å²) < 4.78 is 16.5. The Morgan fingerprint density at radius 1 is 1.06 bits per heavy atom. The Hall–Kier alpha value is -3.22. The molecule has 0 saturated heterocycles. The van der Waals surface area contributed by atoms with Crippen molar-refractivity contribution < 1.29 is 23.8 Å². The predicted molar refractivity (Wildman–Crippen MR) is 127 cm³/mol. The lowest BCUT2D eigenvalue weighted by Gasteiger charge is -2.31. The molecule has 1 N–H and O–H groups in total. The number of carbonyl (C=O) groups is 2. The van der Waals surface area contributed by atoms with Crippen molar-refractivity contribution in [2.45, 2.75) is 58.7 Å². The summed E-state index contributed by atoms with van der Waals surface area (Å²) >= 11 is 0. The van der Waals surface area contributed by atoms with Crippen molar-refractivity contribution in [3.8, 4) is 17.2 Å². The van der Waals surface area contributed by atoms with Gasteiger partial charge in [-0.2, -0.15) is 0 Å². The number of rotatable bonds is 8. The molecule has 1 aliphatic rings. The molecule has 0 spiro atoms. The van der Waals surface area contributed by atoms with Crippen LogP contribution in [-0.2, 0) is 22.6 Å². The molecule has 0 bridgehead atoms. The van der Waals surface area contributed by atoms with E-state index in [0.717, 1.165) is 16.9 Å². The molecule has 3 rings (SSSR count). The standard InChI is InChI=1S/C26H34N2O5/c1-18(25(30)27-26(2,3)4)28(17-20-7-6-8-21(15-20)31-5)24(29)12-10-19-9-11-22-23(16-19)33-14-13-32-22/h6-9,11,15-16,18H,10,12-14,17H2,1-5H3,(H,27,30). The van der Waals surface area contributed by atoms with Crippen molar-refractivity contribution in [2.75, 3.05) is 20.3 Å². The van der Waals surface area contributed by atoms with Crippen LogP contribution in [0.1, 0.15) is 45.2 Å². The number of hydrogen-bond acceptors (Lipinski definition) is 5. The fraction of sp³-hybridized carbons (Fsp3) is 0.462. The van der Waals surface area contributed by atoms with Crippen LogP contribution in [0.5, 0.6) is 17.2 Å². The van der Waals surface area contributed by atoms with Crippen molar-refractivity contribution >= 4 is 11.8 Å². The van der Waals surface area contributed by atoms with Gasteiger partial charge in [-0.05, 0) is 69.5 Å². The fourth-order valence-electron chi connectivity index (χ4n) is 3.66. The molecule has 0 aliphatic carbocycles. The van der Waals surface area contributed by atoms with Gasteiger partial charge in [0, 0.05) is 18.5 Å². The smallest absolute Gasteiger partial charge is 0.242 e.